The molecule has 3 fully saturated rings. The largest absolute Gasteiger partial charge is 0.353 e. The summed E-state index contributed by atoms with van der Waals surface area (Å²) in [4.78, 5) is 14.2. The highest BCUT2D eigenvalue weighted by atomic mass is 16.7. The quantitative estimate of drug-likeness (QED) is 0.783. The Morgan fingerprint density at radius 3 is 2.62 bits per heavy atom. The average molecular weight is 295 g/mol. The van der Waals surface area contributed by atoms with Gasteiger partial charge in [0.1, 0.15) is 0 Å². The van der Waals surface area contributed by atoms with E-state index in [1.165, 1.54) is 38.5 Å². The molecule has 1 amide bonds. The van der Waals surface area contributed by atoms with Crippen LogP contribution in [0.4, 0.5) is 0 Å². The molecule has 0 aromatic rings. The van der Waals surface area contributed by atoms with E-state index in [1.807, 2.05) is 0 Å². The molecule has 0 aromatic heterocycles. The molecule has 0 bridgehead atoms. The molecule has 2 heterocycles. The van der Waals surface area contributed by atoms with Gasteiger partial charge in [0.05, 0.1) is 6.61 Å². The predicted octanol–water partition coefficient (Wildman–Crippen LogP) is 2.96. The molecule has 2 saturated heterocycles. The van der Waals surface area contributed by atoms with Gasteiger partial charge in [0.25, 0.3) is 0 Å². The van der Waals surface area contributed by atoms with Gasteiger partial charge in [0.15, 0.2) is 6.29 Å². The Morgan fingerprint density at radius 1 is 1.05 bits per heavy atom. The fraction of sp³-hybridized carbons (Fsp3) is 0.941. The molecule has 1 saturated carbocycles. The molecule has 0 radical (unpaired) electrons. The number of nitrogens with zero attached hydrogens (tertiary/aromatic N) is 1. The van der Waals surface area contributed by atoms with Gasteiger partial charge >= 0.3 is 0 Å². The number of rotatable bonds is 5. The van der Waals surface area contributed by atoms with Gasteiger partial charge in [0.2, 0.25) is 5.91 Å². The molecule has 2 atom stereocenters. The first kappa shape index (κ1) is 15.3. The van der Waals surface area contributed by atoms with Gasteiger partial charge in [-0.2, -0.15) is 0 Å². The molecule has 1 aliphatic carbocycles. The Bertz CT molecular complexity index is 335. The highest BCUT2D eigenvalue weighted by molar-refractivity contribution is 5.78. The van der Waals surface area contributed by atoms with Crippen LogP contribution in [0.1, 0.15) is 57.8 Å². The monoisotopic (exact) mass is 295 g/mol. The van der Waals surface area contributed by atoms with Crippen LogP contribution in [0.3, 0.4) is 0 Å². The third-order valence-electron chi connectivity index (χ3n) is 5.15. The number of hydrogen-bond donors (Lipinski definition) is 0. The van der Waals surface area contributed by atoms with Crippen LogP contribution in [0.25, 0.3) is 0 Å². The smallest absolute Gasteiger partial charge is 0.223 e. The van der Waals surface area contributed by atoms with E-state index in [-0.39, 0.29) is 6.29 Å². The van der Waals surface area contributed by atoms with Crippen molar-refractivity contribution in [1.82, 2.24) is 4.90 Å². The molecule has 0 N–H and O–H groups in total. The summed E-state index contributed by atoms with van der Waals surface area (Å²) in [5, 5.41) is 0. The number of amides is 1. The zero-order chi connectivity index (χ0) is 14.5. The molecule has 0 aromatic carbocycles. The molecular weight excluding hydrogens is 266 g/mol. The van der Waals surface area contributed by atoms with E-state index >= 15 is 0 Å². The molecular formula is C17H29NO3. The molecule has 21 heavy (non-hydrogen) atoms. The van der Waals surface area contributed by atoms with Gasteiger partial charge < -0.3 is 14.4 Å². The van der Waals surface area contributed by atoms with Gasteiger partial charge in [0, 0.05) is 32.0 Å². The van der Waals surface area contributed by atoms with Gasteiger partial charge in [-0.25, -0.2) is 0 Å². The van der Waals surface area contributed by atoms with Crippen molar-refractivity contribution < 1.29 is 14.3 Å². The first-order valence-corrected chi connectivity index (χ1v) is 8.82. The van der Waals surface area contributed by atoms with Crippen molar-refractivity contribution in [2.45, 2.75) is 64.1 Å². The number of likely N-dealkylation sites (tertiary alicyclic amines) is 1. The first-order chi connectivity index (χ1) is 10.3. The minimum atomic E-state index is -0.0266. The van der Waals surface area contributed by atoms with E-state index < -0.39 is 0 Å². The fourth-order valence-corrected chi connectivity index (χ4v) is 3.91. The van der Waals surface area contributed by atoms with Crippen molar-refractivity contribution in [3.05, 3.63) is 0 Å². The lowest BCUT2D eigenvalue weighted by molar-refractivity contribution is -0.168. The Kier molecular flexibility index (Phi) is 5.53. The lowest BCUT2D eigenvalue weighted by Gasteiger charge is -2.27. The van der Waals surface area contributed by atoms with E-state index in [2.05, 4.69) is 4.90 Å². The van der Waals surface area contributed by atoms with Crippen molar-refractivity contribution in [2.75, 3.05) is 26.3 Å². The predicted molar refractivity (Wildman–Crippen MR) is 80.8 cm³/mol. The maximum Gasteiger partial charge on any atom is 0.223 e. The number of hydrogen-bond acceptors (Lipinski definition) is 3. The van der Waals surface area contributed by atoms with Gasteiger partial charge in [-0.1, -0.05) is 19.3 Å². The number of ether oxygens (including phenoxy) is 2. The van der Waals surface area contributed by atoms with E-state index in [4.69, 9.17) is 9.47 Å². The second-order valence-corrected chi connectivity index (χ2v) is 7.00. The van der Waals surface area contributed by atoms with E-state index in [0.717, 1.165) is 38.5 Å². The second-order valence-electron chi connectivity index (χ2n) is 7.00. The number of carbonyl (C=O) groups excluding carboxylic acids is 1. The summed E-state index contributed by atoms with van der Waals surface area (Å²) in [5.74, 6) is 1.44. The van der Waals surface area contributed by atoms with Gasteiger partial charge in [-0.05, 0) is 38.0 Å². The van der Waals surface area contributed by atoms with Crippen molar-refractivity contribution in [2.24, 2.45) is 11.8 Å². The summed E-state index contributed by atoms with van der Waals surface area (Å²) >= 11 is 0. The molecule has 4 heteroatoms. The normalized spacial score (nSPS) is 31.8. The van der Waals surface area contributed by atoms with Crippen LogP contribution in [0, 0.1) is 11.8 Å². The van der Waals surface area contributed by atoms with Crippen LogP contribution in [-0.4, -0.2) is 43.4 Å². The van der Waals surface area contributed by atoms with Crippen LogP contribution in [0.15, 0.2) is 0 Å². The highest BCUT2D eigenvalue weighted by Crippen LogP contribution is 2.27. The van der Waals surface area contributed by atoms with Crippen molar-refractivity contribution in [1.29, 1.82) is 0 Å². The van der Waals surface area contributed by atoms with Crippen LogP contribution in [-0.2, 0) is 14.3 Å². The Labute approximate surface area is 128 Å². The summed E-state index contributed by atoms with van der Waals surface area (Å²) < 4.78 is 11.4. The zero-order valence-corrected chi connectivity index (χ0v) is 13.1. The molecule has 4 nitrogen and oxygen atoms in total. The summed E-state index contributed by atoms with van der Waals surface area (Å²) in [6.45, 7) is 3.37. The van der Waals surface area contributed by atoms with Crippen molar-refractivity contribution in [3.63, 3.8) is 0 Å². The van der Waals surface area contributed by atoms with Crippen LogP contribution < -0.4 is 0 Å². The third-order valence-corrected chi connectivity index (χ3v) is 5.15. The molecule has 3 rings (SSSR count). The first-order valence-electron chi connectivity index (χ1n) is 8.82. The van der Waals surface area contributed by atoms with E-state index in [1.54, 1.807) is 0 Å². The van der Waals surface area contributed by atoms with E-state index in [0.29, 0.717) is 24.9 Å². The summed E-state index contributed by atoms with van der Waals surface area (Å²) in [7, 11) is 0. The lowest BCUT2D eigenvalue weighted by atomic mass is 9.89. The highest BCUT2D eigenvalue weighted by Gasteiger charge is 2.32. The van der Waals surface area contributed by atoms with Crippen molar-refractivity contribution in [3.8, 4) is 0 Å². The van der Waals surface area contributed by atoms with Crippen LogP contribution >= 0.6 is 0 Å². The van der Waals surface area contributed by atoms with Crippen molar-refractivity contribution >= 4 is 5.91 Å². The second kappa shape index (κ2) is 7.59. The number of carbonyl (C=O) groups is 1. The standard InChI is InChI=1S/C17H29NO3/c19-16-10-15(13-21-17-8-4-5-9-20-17)12-18(16)11-14-6-2-1-3-7-14/h14-15,17H,1-13H2. The summed E-state index contributed by atoms with van der Waals surface area (Å²) in [5.41, 5.74) is 0. The molecule has 0 spiro atoms. The Balaban J connectivity index is 1.39. The van der Waals surface area contributed by atoms with Crippen LogP contribution in [0.2, 0.25) is 0 Å². The zero-order valence-electron chi connectivity index (χ0n) is 13.1. The van der Waals surface area contributed by atoms with E-state index in [9.17, 15) is 4.79 Å². The Hall–Kier alpha value is -0.610. The van der Waals surface area contributed by atoms with Gasteiger partial charge in [-0.15, -0.1) is 0 Å². The third kappa shape index (κ3) is 4.43. The van der Waals surface area contributed by atoms with Gasteiger partial charge in [-0.3, -0.25) is 4.79 Å². The van der Waals surface area contributed by atoms with Crippen LogP contribution in [0.5, 0.6) is 0 Å². The SMILES string of the molecule is O=C1CC(COC2CCCCO2)CN1CC1CCCCC1. The minimum absolute atomic E-state index is 0.0266. The summed E-state index contributed by atoms with van der Waals surface area (Å²) in [6.07, 6.45) is 10.7. The molecule has 2 aliphatic heterocycles. The fourth-order valence-electron chi connectivity index (χ4n) is 3.91. The topological polar surface area (TPSA) is 38.8 Å². The Morgan fingerprint density at radius 2 is 1.86 bits per heavy atom. The lowest BCUT2D eigenvalue weighted by Crippen LogP contribution is -2.32. The molecule has 120 valence electrons. The maximum absolute atomic E-state index is 12.1. The molecule has 3 aliphatic rings. The summed E-state index contributed by atoms with van der Waals surface area (Å²) in [6, 6.07) is 0. The average Bonchev–Trinajstić information content (AvgIpc) is 2.87. The minimum Gasteiger partial charge on any atom is -0.353 e. The molecule has 2 unspecified atom stereocenters. The maximum atomic E-state index is 12.1.